The van der Waals surface area contributed by atoms with E-state index in [2.05, 4.69) is 68.3 Å². The quantitative estimate of drug-likeness (QED) is 0.730. The molecular formula is C21H30N6. The SMILES string of the molecule is CCNc1ncc(CN2CCCC(C3NNCC3c3ccccc3)C2)cn1. The molecule has 0 radical (unpaired) electrons. The van der Waals surface area contributed by atoms with Crippen LogP contribution in [0.2, 0.25) is 0 Å². The number of aromatic nitrogens is 2. The maximum atomic E-state index is 4.41. The fraction of sp³-hybridized carbons (Fsp3) is 0.524. The standard InChI is InChI=1S/C21H30N6/c1-2-22-21-23-11-16(12-24-21)14-27-10-6-9-18(15-27)20-19(13-25-26-20)17-7-4-3-5-8-17/h3-5,7-8,11-12,18-20,25-26H,2,6,9-10,13-15H2,1H3,(H,22,23,24). The van der Waals surface area contributed by atoms with Gasteiger partial charge in [-0.05, 0) is 37.8 Å². The van der Waals surface area contributed by atoms with Gasteiger partial charge in [-0.25, -0.2) is 9.97 Å². The summed E-state index contributed by atoms with van der Waals surface area (Å²) in [7, 11) is 0. The highest BCUT2D eigenvalue weighted by Gasteiger charge is 2.36. The molecule has 0 spiro atoms. The summed E-state index contributed by atoms with van der Waals surface area (Å²) in [4.78, 5) is 11.4. The predicted molar refractivity (Wildman–Crippen MR) is 108 cm³/mol. The van der Waals surface area contributed by atoms with Crippen LogP contribution in [0.5, 0.6) is 0 Å². The van der Waals surface area contributed by atoms with Gasteiger partial charge in [0.2, 0.25) is 5.95 Å². The molecule has 6 heteroatoms. The summed E-state index contributed by atoms with van der Waals surface area (Å²) in [5.41, 5.74) is 9.60. The second-order valence-electron chi connectivity index (χ2n) is 7.65. The minimum Gasteiger partial charge on any atom is -0.355 e. The van der Waals surface area contributed by atoms with E-state index in [1.54, 1.807) is 0 Å². The Hall–Kier alpha value is -2.02. The number of nitrogens with one attached hydrogen (secondary N) is 3. The third-order valence-corrected chi connectivity index (χ3v) is 5.75. The Kier molecular flexibility index (Phi) is 5.97. The Balaban J connectivity index is 1.39. The first kappa shape index (κ1) is 18.3. The van der Waals surface area contributed by atoms with Crippen molar-refractivity contribution < 1.29 is 0 Å². The molecule has 0 amide bonds. The van der Waals surface area contributed by atoms with Crippen molar-refractivity contribution in [3.05, 3.63) is 53.9 Å². The maximum Gasteiger partial charge on any atom is 0.222 e. The highest BCUT2D eigenvalue weighted by Crippen LogP contribution is 2.31. The zero-order chi connectivity index (χ0) is 18.5. The first-order chi connectivity index (χ1) is 13.3. The molecule has 3 N–H and O–H groups in total. The molecular weight excluding hydrogens is 336 g/mol. The minimum atomic E-state index is 0.489. The van der Waals surface area contributed by atoms with Crippen molar-refractivity contribution in [2.45, 2.75) is 38.3 Å². The van der Waals surface area contributed by atoms with E-state index in [0.717, 1.165) is 32.7 Å². The van der Waals surface area contributed by atoms with Crippen LogP contribution in [0.3, 0.4) is 0 Å². The van der Waals surface area contributed by atoms with Crippen LogP contribution in [0, 0.1) is 5.92 Å². The molecule has 0 bridgehead atoms. The third-order valence-electron chi connectivity index (χ3n) is 5.75. The van der Waals surface area contributed by atoms with Crippen LogP contribution in [-0.4, -0.2) is 47.1 Å². The molecule has 6 nitrogen and oxygen atoms in total. The first-order valence-electron chi connectivity index (χ1n) is 10.1. The molecule has 4 rings (SSSR count). The van der Waals surface area contributed by atoms with Crippen LogP contribution < -0.4 is 16.2 Å². The van der Waals surface area contributed by atoms with E-state index in [4.69, 9.17) is 0 Å². The van der Waals surface area contributed by atoms with Crippen LogP contribution in [0.4, 0.5) is 5.95 Å². The molecule has 2 aliphatic rings. The van der Waals surface area contributed by atoms with Crippen molar-refractivity contribution in [2.24, 2.45) is 5.92 Å². The second-order valence-corrected chi connectivity index (χ2v) is 7.65. The summed E-state index contributed by atoms with van der Waals surface area (Å²) in [5, 5.41) is 3.15. The van der Waals surface area contributed by atoms with E-state index in [1.165, 1.54) is 24.0 Å². The van der Waals surface area contributed by atoms with Crippen molar-refractivity contribution in [1.29, 1.82) is 0 Å². The smallest absolute Gasteiger partial charge is 0.222 e. The summed E-state index contributed by atoms with van der Waals surface area (Å²) in [6.45, 7) is 7.11. The number of nitrogens with zero attached hydrogens (tertiary/aromatic N) is 3. The lowest BCUT2D eigenvalue weighted by Crippen LogP contribution is -2.46. The molecule has 0 saturated carbocycles. The Morgan fingerprint density at radius 1 is 1.19 bits per heavy atom. The van der Waals surface area contributed by atoms with Crippen molar-refractivity contribution in [1.82, 2.24) is 25.7 Å². The summed E-state index contributed by atoms with van der Waals surface area (Å²) in [6, 6.07) is 11.4. The Labute approximate surface area is 161 Å². The highest BCUT2D eigenvalue weighted by molar-refractivity contribution is 5.25. The number of piperidine rings is 1. The van der Waals surface area contributed by atoms with Gasteiger partial charge in [0, 0.05) is 56.1 Å². The van der Waals surface area contributed by atoms with Gasteiger partial charge in [-0.15, -0.1) is 0 Å². The third kappa shape index (κ3) is 4.46. The van der Waals surface area contributed by atoms with Crippen LogP contribution in [0.25, 0.3) is 0 Å². The number of anilines is 1. The van der Waals surface area contributed by atoms with Crippen LogP contribution in [-0.2, 0) is 6.54 Å². The molecule has 1 aromatic heterocycles. The van der Waals surface area contributed by atoms with Crippen LogP contribution in [0.1, 0.15) is 36.8 Å². The van der Waals surface area contributed by atoms with Crippen LogP contribution in [0.15, 0.2) is 42.7 Å². The molecule has 2 saturated heterocycles. The van der Waals surface area contributed by atoms with Gasteiger partial charge in [-0.1, -0.05) is 30.3 Å². The van der Waals surface area contributed by atoms with Gasteiger partial charge < -0.3 is 5.32 Å². The normalized spacial score (nSPS) is 26.2. The fourth-order valence-electron chi connectivity index (χ4n) is 4.46. The number of hydrazine groups is 1. The van der Waals surface area contributed by atoms with Crippen molar-refractivity contribution in [2.75, 3.05) is 31.5 Å². The average molecular weight is 367 g/mol. The molecule has 3 atom stereocenters. The van der Waals surface area contributed by atoms with E-state index in [9.17, 15) is 0 Å². The van der Waals surface area contributed by atoms with E-state index < -0.39 is 0 Å². The van der Waals surface area contributed by atoms with Gasteiger partial charge in [0.15, 0.2) is 0 Å². The molecule has 2 fully saturated rings. The first-order valence-corrected chi connectivity index (χ1v) is 10.1. The Morgan fingerprint density at radius 3 is 2.78 bits per heavy atom. The van der Waals surface area contributed by atoms with Crippen molar-refractivity contribution in [3.8, 4) is 0 Å². The molecule has 1 aromatic carbocycles. The van der Waals surface area contributed by atoms with E-state index in [0.29, 0.717) is 23.8 Å². The fourth-order valence-corrected chi connectivity index (χ4v) is 4.46. The zero-order valence-electron chi connectivity index (χ0n) is 16.1. The van der Waals surface area contributed by atoms with Crippen molar-refractivity contribution in [3.63, 3.8) is 0 Å². The lowest BCUT2D eigenvalue weighted by Gasteiger charge is -2.37. The molecule has 2 aliphatic heterocycles. The highest BCUT2D eigenvalue weighted by atomic mass is 15.4. The number of rotatable bonds is 6. The number of benzene rings is 1. The lowest BCUT2D eigenvalue weighted by atomic mass is 9.81. The molecule has 27 heavy (non-hydrogen) atoms. The monoisotopic (exact) mass is 366 g/mol. The van der Waals surface area contributed by atoms with Crippen molar-refractivity contribution >= 4 is 5.95 Å². The van der Waals surface area contributed by atoms with Gasteiger partial charge in [0.1, 0.15) is 0 Å². The zero-order valence-corrected chi connectivity index (χ0v) is 16.1. The van der Waals surface area contributed by atoms with Crippen LogP contribution >= 0.6 is 0 Å². The van der Waals surface area contributed by atoms with Gasteiger partial charge in [0.05, 0.1) is 0 Å². The lowest BCUT2D eigenvalue weighted by molar-refractivity contribution is 0.139. The van der Waals surface area contributed by atoms with E-state index >= 15 is 0 Å². The number of hydrogen-bond acceptors (Lipinski definition) is 6. The Bertz CT molecular complexity index is 704. The maximum absolute atomic E-state index is 4.41. The van der Waals surface area contributed by atoms with E-state index in [-0.39, 0.29) is 0 Å². The average Bonchev–Trinajstić information content (AvgIpc) is 3.21. The number of likely N-dealkylation sites (tertiary alicyclic amines) is 1. The van der Waals surface area contributed by atoms with Gasteiger partial charge in [-0.2, -0.15) is 0 Å². The largest absolute Gasteiger partial charge is 0.355 e. The summed E-state index contributed by atoms with van der Waals surface area (Å²) in [5.74, 6) is 1.91. The minimum absolute atomic E-state index is 0.489. The molecule has 144 valence electrons. The topological polar surface area (TPSA) is 65.1 Å². The predicted octanol–water partition coefficient (Wildman–Crippen LogP) is 2.38. The van der Waals surface area contributed by atoms with Gasteiger partial charge >= 0.3 is 0 Å². The molecule has 2 aromatic rings. The summed E-state index contributed by atoms with van der Waals surface area (Å²) in [6.07, 6.45) is 6.45. The van der Waals surface area contributed by atoms with E-state index in [1.807, 2.05) is 12.4 Å². The molecule has 0 aliphatic carbocycles. The summed E-state index contributed by atoms with van der Waals surface area (Å²) < 4.78 is 0. The Morgan fingerprint density at radius 2 is 2.00 bits per heavy atom. The summed E-state index contributed by atoms with van der Waals surface area (Å²) >= 11 is 0. The second kappa shape index (κ2) is 8.78. The van der Waals surface area contributed by atoms with Gasteiger partial charge in [-0.3, -0.25) is 15.8 Å². The number of hydrogen-bond donors (Lipinski definition) is 3. The van der Waals surface area contributed by atoms with Gasteiger partial charge in [0.25, 0.3) is 0 Å². The molecule has 3 heterocycles. The molecule has 3 unspecified atom stereocenters.